The predicted molar refractivity (Wildman–Crippen MR) is 122 cm³/mol. The Morgan fingerprint density at radius 1 is 1.03 bits per heavy atom. The van der Waals surface area contributed by atoms with Crippen LogP contribution in [-0.4, -0.2) is 39.3 Å². The van der Waals surface area contributed by atoms with Crippen molar-refractivity contribution in [3.8, 4) is 5.69 Å². The second-order valence-corrected chi connectivity index (χ2v) is 9.25. The van der Waals surface area contributed by atoms with Crippen molar-refractivity contribution in [3.63, 3.8) is 0 Å². The molecule has 1 saturated heterocycles. The summed E-state index contributed by atoms with van der Waals surface area (Å²) < 4.78 is 3.33. The summed E-state index contributed by atoms with van der Waals surface area (Å²) in [5, 5.41) is 10.7. The number of aryl methyl sites for hydroxylation is 4. The molecule has 4 rings (SSSR count). The van der Waals surface area contributed by atoms with Gasteiger partial charge in [0.1, 0.15) is 11.6 Å². The average Bonchev–Trinajstić information content (AvgIpc) is 2.84. The zero-order chi connectivity index (χ0) is 20.7. The van der Waals surface area contributed by atoms with Gasteiger partial charge in [-0.3, -0.25) is 0 Å². The number of aliphatic hydroxyl groups excluding tert-OH is 1. The van der Waals surface area contributed by atoms with Crippen molar-refractivity contribution in [1.82, 2.24) is 14.5 Å². The van der Waals surface area contributed by atoms with Gasteiger partial charge < -0.3 is 14.6 Å². The number of benzene rings is 1. The molecule has 0 aliphatic carbocycles. The SMILES string of the molecule is Cc1nc(N2CCCC(CO)CC2)c2c(C)cn(-c3c(C)cc(Br)cc3C)c2n1. The summed E-state index contributed by atoms with van der Waals surface area (Å²) in [6.07, 6.45) is 5.36. The minimum absolute atomic E-state index is 0.281. The van der Waals surface area contributed by atoms with Crippen LogP contribution < -0.4 is 4.90 Å². The summed E-state index contributed by atoms with van der Waals surface area (Å²) in [5.74, 6) is 2.23. The van der Waals surface area contributed by atoms with Gasteiger partial charge in [-0.15, -0.1) is 0 Å². The molecule has 0 radical (unpaired) electrons. The summed E-state index contributed by atoms with van der Waals surface area (Å²) in [7, 11) is 0. The first-order valence-electron chi connectivity index (χ1n) is 10.4. The van der Waals surface area contributed by atoms with Crippen LogP contribution in [0.3, 0.4) is 0 Å². The van der Waals surface area contributed by atoms with Gasteiger partial charge in [0.15, 0.2) is 5.65 Å². The van der Waals surface area contributed by atoms with Gasteiger partial charge in [0, 0.05) is 30.4 Å². The van der Waals surface area contributed by atoms with E-state index in [9.17, 15) is 5.11 Å². The quantitative estimate of drug-likeness (QED) is 0.601. The van der Waals surface area contributed by atoms with Gasteiger partial charge in [0.2, 0.25) is 0 Å². The molecular formula is C23H29BrN4O. The lowest BCUT2D eigenvalue weighted by molar-refractivity contribution is 0.215. The molecule has 29 heavy (non-hydrogen) atoms. The van der Waals surface area contributed by atoms with E-state index in [0.29, 0.717) is 5.92 Å². The van der Waals surface area contributed by atoms with E-state index in [0.717, 1.165) is 59.5 Å². The highest BCUT2D eigenvalue weighted by Crippen LogP contribution is 2.34. The fourth-order valence-corrected chi connectivity index (χ4v) is 5.32. The molecule has 1 atom stereocenters. The number of rotatable bonds is 3. The van der Waals surface area contributed by atoms with Crippen LogP contribution in [-0.2, 0) is 0 Å². The maximum Gasteiger partial charge on any atom is 0.150 e. The van der Waals surface area contributed by atoms with Crippen LogP contribution in [0.15, 0.2) is 22.8 Å². The van der Waals surface area contributed by atoms with Gasteiger partial charge >= 0.3 is 0 Å². The Morgan fingerprint density at radius 2 is 1.76 bits per heavy atom. The molecule has 1 fully saturated rings. The van der Waals surface area contributed by atoms with Crippen molar-refractivity contribution in [2.45, 2.75) is 47.0 Å². The van der Waals surface area contributed by atoms with E-state index in [2.05, 4.69) is 64.5 Å². The molecule has 3 aromatic rings. The Kier molecular flexibility index (Phi) is 5.67. The van der Waals surface area contributed by atoms with E-state index in [-0.39, 0.29) is 6.61 Å². The van der Waals surface area contributed by atoms with Gasteiger partial charge in [0.25, 0.3) is 0 Å². The van der Waals surface area contributed by atoms with E-state index < -0.39 is 0 Å². The minimum atomic E-state index is 0.281. The van der Waals surface area contributed by atoms with Crippen LogP contribution in [0, 0.1) is 33.6 Å². The Labute approximate surface area is 180 Å². The van der Waals surface area contributed by atoms with Crippen LogP contribution in [0.25, 0.3) is 16.7 Å². The Bertz CT molecular complexity index is 1040. The molecule has 154 valence electrons. The van der Waals surface area contributed by atoms with Crippen molar-refractivity contribution in [2.24, 2.45) is 5.92 Å². The average molecular weight is 457 g/mol. The van der Waals surface area contributed by atoms with Crippen LogP contribution in [0.5, 0.6) is 0 Å². The summed E-state index contributed by atoms with van der Waals surface area (Å²) in [4.78, 5) is 12.1. The first-order chi connectivity index (χ1) is 13.9. The molecular weight excluding hydrogens is 428 g/mol. The molecule has 0 spiro atoms. The summed E-state index contributed by atoms with van der Waals surface area (Å²) in [6, 6.07) is 4.31. The molecule has 3 heterocycles. The molecule has 1 N–H and O–H groups in total. The molecule has 5 nitrogen and oxygen atoms in total. The summed E-state index contributed by atoms with van der Waals surface area (Å²) in [5.41, 5.74) is 5.78. The van der Waals surface area contributed by atoms with Gasteiger partial charge in [-0.25, -0.2) is 9.97 Å². The highest BCUT2D eigenvalue weighted by molar-refractivity contribution is 9.10. The monoisotopic (exact) mass is 456 g/mol. The van der Waals surface area contributed by atoms with E-state index in [4.69, 9.17) is 9.97 Å². The molecule has 1 unspecified atom stereocenters. The van der Waals surface area contributed by atoms with Gasteiger partial charge in [-0.1, -0.05) is 15.9 Å². The number of fused-ring (bicyclic) bond motifs is 1. The Balaban J connectivity index is 1.88. The molecule has 6 heteroatoms. The Hall–Kier alpha value is -1.92. The summed E-state index contributed by atoms with van der Waals surface area (Å²) in [6.45, 7) is 10.6. The van der Waals surface area contributed by atoms with Crippen molar-refractivity contribution < 1.29 is 5.11 Å². The van der Waals surface area contributed by atoms with E-state index in [1.54, 1.807) is 0 Å². The highest BCUT2D eigenvalue weighted by atomic mass is 79.9. The maximum atomic E-state index is 9.58. The van der Waals surface area contributed by atoms with E-state index in [1.807, 2.05) is 6.92 Å². The molecule has 0 saturated carbocycles. The third-order valence-corrected chi connectivity index (χ3v) is 6.49. The number of anilines is 1. The second kappa shape index (κ2) is 8.07. The lowest BCUT2D eigenvalue weighted by atomic mass is 10.0. The lowest BCUT2D eigenvalue weighted by Crippen LogP contribution is -2.26. The number of halogens is 1. The molecule has 1 aliphatic rings. The number of hydrogen-bond acceptors (Lipinski definition) is 4. The van der Waals surface area contributed by atoms with Crippen molar-refractivity contribution in [1.29, 1.82) is 0 Å². The highest BCUT2D eigenvalue weighted by Gasteiger charge is 2.23. The third-order valence-electron chi connectivity index (χ3n) is 6.03. The molecule has 2 aromatic heterocycles. The van der Waals surface area contributed by atoms with Crippen LogP contribution in [0.2, 0.25) is 0 Å². The van der Waals surface area contributed by atoms with E-state index in [1.165, 1.54) is 22.4 Å². The summed E-state index contributed by atoms with van der Waals surface area (Å²) >= 11 is 3.61. The third kappa shape index (κ3) is 3.80. The van der Waals surface area contributed by atoms with Crippen molar-refractivity contribution >= 4 is 32.8 Å². The number of aromatic nitrogens is 3. The second-order valence-electron chi connectivity index (χ2n) is 8.33. The topological polar surface area (TPSA) is 54.2 Å². The normalized spacial score (nSPS) is 17.7. The van der Waals surface area contributed by atoms with Crippen molar-refractivity contribution in [2.75, 3.05) is 24.6 Å². The minimum Gasteiger partial charge on any atom is -0.396 e. The van der Waals surface area contributed by atoms with Crippen LogP contribution >= 0.6 is 15.9 Å². The van der Waals surface area contributed by atoms with Crippen molar-refractivity contribution in [3.05, 3.63) is 45.3 Å². The van der Waals surface area contributed by atoms with Gasteiger partial charge in [-0.05, 0) is 81.7 Å². The lowest BCUT2D eigenvalue weighted by Gasteiger charge is -2.23. The molecule has 0 bridgehead atoms. The number of nitrogens with zero attached hydrogens (tertiary/aromatic N) is 4. The molecule has 1 aromatic carbocycles. The number of aliphatic hydroxyl groups is 1. The first kappa shape index (κ1) is 20.4. The zero-order valence-electron chi connectivity index (χ0n) is 17.7. The maximum absolute atomic E-state index is 9.58. The van der Waals surface area contributed by atoms with Crippen LogP contribution in [0.4, 0.5) is 5.82 Å². The molecule has 0 amide bonds. The fourth-order valence-electron chi connectivity index (χ4n) is 4.63. The standard InChI is InChI=1S/C23H29BrN4O/c1-14-10-19(24)11-15(2)21(14)28-12-16(3)20-22(25-17(4)26-23(20)28)27-8-5-6-18(13-29)7-9-27/h10-12,18,29H,5-9,13H2,1-4H3. The smallest absolute Gasteiger partial charge is 0.150 e. The largest absolute Gasteiger partial charge is 0.396 e. The number of hydrogen-bond donors (Lipinski definition) is 1. The van der Waals surface area contributed by atoms with Crippen LogP contribution in [0.1, 0.15) is 41.8 Å². The first-order valence-corrected chi connectivity index (χ1v) is 11.2. The zero-order valence-corrected chi connectivity index (χ0v) is 19.3. The molecule has 1 aliphatic heterocycles. The van der Waals surface area contributed by atoms with Gasteiger partial charge in [-0.2, -0.15) is 0 Å². The van der Waals surface area contributed by atoms with E-state index >= 15 is 0 Å². The van der Waals surface area contributed by atoms with Gasteiger partial charge in [0.05, 0.1) is 11.1 Å². The predicted octanol–water partition coefficient (Wildman–Crippen LogP) is 5.02. The fraction of sp³-hybridized carbons (Fsp3) is 0.478. The Morgan fingerprint density at radius 3 is 2.45 bits per heavy atom.